The van der Waals surface area contributed by atoms with Crippen molar-refractivity contribution in [2.45, 2.75) is 13.3 Å². The van der Waals surface area contributed by atoms with Crippen molar-refractivity contribution in [3.8, 4) is 11.5 Å². The third-order valence-electron chi connectivity index (χ3n) is 5.90. The number of carbonyl (C=O) groups excluding carboxylic acids is 2. The lowest BCUT2D eigenvalue weighted by Crippen LogP contribution is -2.47. The average Bonchev–Trinajstić information content (AvgIpc) is 3.07. The topological polar surface area (TPSA) is 62.3 Å². The normalized spacial score (nSPS) is 16.8. The molecule has 1 fully saturated rings. The molecule has 2 amide bonds. The Kier molecular flexibility index (Phi) is 6.35. The molecule has 168 valence electrons. The van der Waals surface area contributed by atoms with E-state index in [-0.39, 0.29) is 11.8 Å². The van der Waals surface area contributed by atoms with Gasteiger partial charge in [0.15, 0.2) is 0 Å². The van der Waals surface area contributed by atoms with Gasteiger partial charge >= 0.3 is 0 Å². The number of carbonyl (C=O) groups is 2. The van der Waals surface area contributed by atoms with Gasteiger partial charge in [-0.1, -0.05) is 31.2 Å². The molecule has 0 N–H and O–H groups in total. The van der Waals surface area contributed by atoms with Gasteiger partial charge in [-0.25, -0.2) is 0 Å². The summed E-state index contributed by atoms with van der Waals surface area (Å²) in [6, 6.07) is 15.4. The van der Waals surface area contributed by atoms with Crippen LogP contribution in [-0.4, -0.2) is 68.6 Å². The van der Waals surface area contributed by atoms with Crippen LogP contribution >= 0.6 is 0 Å². The van der Waals surface area contributed by atoms with Crippen molar-refractivity contribution in [3.63, 3.8) is 0 Å². The maximum absolute atomic E-state index is 13.0. The summed E-state index contributed by atoms with van der Waals surface area (Å²) < 4.78 is 11.2. The number of likely N-dealkylation sites (N-methyl/N-ethyl adjacent to an activating group) is 1. The van der Waals surface area contributed by atoms with Crippen LogP contribution in [0, 0.1) is 0 Å². The molecule has 2 aliphatic rings. The second kappa shape index (κ2) is 9.34. The molecule has 2 heterocycles. The van der Waals surface area contributed by atoms with Crippen molar-refractivity contribution in [1.82, 2.24) is 9.80 Å². The summed E-state index contributed by atoms with van der Waals surface area (Å²) in [5.41, 5.74) is 2.72. The summed E-state index contributed by atoms with van der Waals surface area (Å²) in [6.07, 6.45) is 0.926. The third-order valence-corrected chi connectivity index (χ3v) is 5.90. The first-order valence-corrected chi connectivity index (χ1v) is 11.0. The number of rotatable bonds is 7. The largest absolute Gasteiger partial charge is 0.495 e. The molecule has 0 aromatic heterocycles. The lowest BCUT2D eigenvalue weighted by molar-refractivity contribution is -0.135. The highest BCUT2D eigenvalue weighted by Gasteiger charge is 2.40. The molecule has 0 radical (unpaired) electrons. The molecular weight excluding hydrogens is 406 g/mol. The van der Waals surface area contributed by atoms with Crippen LogP contribution in [0.1, 0.15) is 18.9 Å². The van der Waals surface area contributed by atoms with Gasteiger partial charge < -0.3 is 19.3 Å². The Labute approximate surface area is 188 Å². The van der Waals surface area contributed by atoms with Crippen LogP contribution in [0.25, 0.3) is 5.57 Å². The van der Waals surface area contributed by atoms with Gasteiger partial charge in [0.2, 0.25) is 0 Å². The Hall–Kier alpha value is -3.48. The fourth-order valence-corrected chi connectivity index (χ4v) is 4.18. The first kappa shape index (κ1) is 21.7. The Bertz CT molecular complexity index is 1020. The zero-order valence-corrected chi connectivity index (χ0v) is 18.8. The van der Waals surface area contributed by atoms with Gasteiger partial charge in [-0.2, -0.15) is 0 Å². The molecule has 7 heteroatoms. The minimum absolute atomic E-state index is 0.248. The number of hydrogen-bond acceptors (Lipinski definition) is 6. The van der Waals surface area contributed by atoms with Crippen molar-refractivity contribution in [3.05, 3.63) is 59.8 Å². The van der Waals surface area contributed by atoms with Crippen LogP contribution in [0.2, 0.25) is 0 Å². The molecule has 0 unspecified atom stereocenters. The monoisotopic (exact) mass is 435 g/mol. The van der Waals surface area contributed by atoms with Crippen LogP contribution in [0.3, 0.4) is 0 Å². The minimum atomic E-state index is -0.264. The van der Waals surface area contributed by atoms with Crippen molar-refractivity contribution in [2.24, 2.45) is 0 Å². The van der Waals surface area contributed by atoms with Crippen molar-refractivity contribution in [2.75, 3.05) is 51.8 Å². The van der Waals surface area contributed by atoms with Crippen LogP contribution in [0.4, 0.5) is 5.69 Å². The van der Waals surface area contributed by atoms with Gasteiger partial charge in [-0.15, -0.1) is 0 Å². The Morgan fingerprint density at radius 2 is 1.53 bits per heavy atom. The molecule has 32 heavy (non-hydrogen) atoms. The fourth-order valence-electron chi connectivity index (χ4n) is 4.18. The molecule has 0 saturated carbocycles. The van der Waals surface area contributed by atoms with E-state index < -0.39 is 0 Å². The second-order valence-electron chi connectivity index (χ2n) is 7.91. The highest BCUT2D eigenvalue weighted by molar-refractivity contribution is 6.35. The number of anilines is 1. The van der Waals surface area contributed by atoms with E-state index in [0.29, 0.717) is 31.0 Å². The summed E-state index contributed by atoms with van der Waals surface area (Å²) in [5, 5.41) is 0. The van der Waals surface area contributed by atoms with Crippen LogP contribution in [-0.2, 0) is 9.59 Å². The fraction of sp³-hybridized carbons (Fsp3) is 0.360. The maximum Gasteiger partial charge on any atom is 0.277 e. The number of methoxy groups -OCH3 is 1. The SMILES string of the molecule is CCCOc1ccc(C2=C(N3CCN(c4ccccc4OC)CC3)C(=O)N(C)C2=O)cc1. The molecule has 0 atom stereocenters. The van der Waals surface area contributed by atoms with E-state index in [1.54, 1.807) is 14.2 Å². The summed E-state index contributed by atoms with van der Waals surface area (Å²) in [5.74, 6) is 1.08. The maximum atomic E-state index is 13.0. The number of benzene rings is 2. The van der Waals surface area contributed by atoms with Crippen molar-refractivity contribution in [1.29, 1.82) is 0 Å². The number of amides is 2. The zero-order chi connectivity index (χ0) is 22.7. The lowest BCUT2D eigenvalue weighted by Gasteiger charge is -2.38. The predicted octanol–water partition coefficient (Wildman–Crippen LogP) is 3.02. The Morgan fingerprint density at radius 1 is 0.875 bits per heavy atom. The first-order chi connectivity index (χ1) is 15.5. The smallest absolute Gasteiger partial charge is 0.277 e. The van der Waals surface area contributed by atoms with E-state index in [9.17, 15) is 9.59 Å². The molecule has 4 rings (SSSR count). The second-order valence-corrected chi connectivity index (χ2v) is 7.91. The van der Waals surface area contributed by atoms with E-state index in [2.05, 4.69) is 11.8 Å². The van der Waals surface area contributed by atoms with Crippen molar-refractivity contribution >= 4 is 23.1 Å². The van der Waals surface area contributed by atoms with E-state index in [0.717, 1.165) is 42.3 Å². The molecule has 1 saturated heterocycles. The summed E-state index contributed by atoms with van der Waals surface area (Å²) in [7, 11) is 3.21. The van der Waals surface area contributed by atoms with Crippen LogP contribution in [0.5, 0.6) is 11.5 Å². The van der Waals surface area contributed by atoms with Crippen LogP contribution in [0.15, 0.2) is 54.2 Å². The molecule has 0 bridgehead atoms. The van der Waals surface area contributed by atoms with Gasteiger partial charge in [0.1, 0.15) is 17.2 Å². The molecule has 2 aliphatic heterocycles. The molecule has 0 aliphatic carbocycles. The average molecular weight is 436 g/mol. The number of nitrogens with zero attached hydrogens (tertiary/aromatic N) is 3. The number of hydrogen-bond donors (Lipinski definition) is 0. The Morgan fingerprint density at radius 3 is 2.19 bits per heavy atom. The Balaban J connectivity index is 1.58. The van der Waals surface area contributed by atoms with Gasteiger partial charge in [0.05, 0.1) is 25.0 Å². The van der Waals surface area contributed by atoms with Gasteiger partial charge in [-0.05, 0) is 36.2 Å². The molecule has 2 aromatic carbocycles. The van der Waals surface area contributed by atoms with Gasteiger partial charge in [0, 0.05) is 33.2 Å². The molecule has 2 aromatic rings. The van der Waals surface area contributed by atoms with E-state index in [1.165, 1.54) is 4.90 Å². The highest BCUT2D eigenvalue weighted by Crippen LogP contribution is 2.34. The summed E-state index contributed by atoms with van der Waals surface area (Å²) in [6.45, 7) is 5.43. The van der Waals surface area contributed by atoms with E-state index in [4.69, 9.17) is 9.47 Å². The van der Waals surface area contributed by atoms with Crippen molar-refractivity contribution < 1.29 is 19.1 Å². The third kappa shape index (κ3) is 4.02. The quantitative estimate of drug-likeness (QED) is 0.623. The standard InChI is InChI=1S/C25H29N3O4/c1-4-17-32-19-11-9-18(10-12-19)22-23(25(30)26(2)24(22)29)28-15-13-27(14-16-28)20-7-5-6-8-21(20)31-3/h5-12H,4,13-17H2,1-3H3. The number of imide groups is 1. The first-order valence-electron chi connectivity index (χ1n) is 11.0. The number of piperazine rings is 1. The lowest BCUT2D eigenvalue weighted by atomic mass is 10.0. The summed E-state index contributed by atoms with van der Waals surface area (Å²) >= 11 is 0. The minimum Gasteiger partial charge on any atom is -0.495 e. The molecule has 0 spiro atoms. The molecular formula is C25H29N3O4. The van der Waals surface area contributed by atoms with E-state index in [1.807, 2.05) is 53.4 Å². The van der Waals surface area contributed by atoms with Crippen LogP contribution < -0.4 is 14.4 Å². The molecule has 7 nitrogen and oxygen atoms in total. The predicted molar refractivity (Wildman–Crippen MR) is 124 cm³/mol. The zero-order valence-electron chi connectivity index (χ0n) is 18.8. The number of para-hydroxylation sites is 2. The number of ether oxygens (including phenoxy) is 2. The van der Waals surface area contributed by atoms with E-state index >= 15 is 0 Å². The van der Waals surface area contributed by atoms with Gasteiger partial charge in [-0.3, -0.25) is 14.5 Å². The summed E-state index contributed by atoms with van der Waals surface area (Å²) in [4.78, 5) is 31.5. The van der Waals surface area contributed by atoms with Gasteiger partial charge in [0.25, 0.3) is 11.8 Å². The highest BCUT2D eigenvalue weighted by atomic mass is 16.5.